The van der Waals surface area contributed by atoms with Crippen LogP contribution in [0.4, 0.5) is 0 Å². The summed E-state index contributed by atoms with van der Waals surface area (Å²) in [5, 5.41) is 7.50. The van der Waals surface area contributed by atoms with Crippen LogP contribution in [0.3, 0.4) is 0 Å². The molecule has 2 atom stereocenters. The Morgan fingerprint density at radius 3 is 2.10 bits per heavy atom. The third kappa shape index (κ3) is 16.8. The Bertz CT molecular complexity index is 604. The predicted octanol–water partition coefficient (Wildman–Crippen LogP) is 2.81. The van der Waals surface area contributed by atoms with Gasteiger partial charge < -0.3 is 19.3 Å². The summed E-state index contributed by atoms with van der Waals surface area (Å²) in [5.41, 5.74) is 0. The second-order valence-corrected chi connectivity index (χ2v) is 8.97. The Morgan fingerprint density at radius 1 is 0.968 bits per heavy atom. The van der Waals surface area contributed by atoms with Crippen molar-refractivity contribution in [1.29, 1.82) is 0 Å². The summed E-state index contributed by atoms with van der Waals surface area (Å²) < 4.78 is 46.8. The van der Waals surface area contributed by atoms with Crippen molar-refractivity contribution in [2.45, 2.75) is 82.5 Å². The van der Waals surface area contributed by atoms with E-state index in [4.69, 9.17) is 9.47 Å². The molecule has 0 fully saturated rings. The summed E-state index contributed by atoms with van der Waals surface area (Å²) in [7, 11) is -4.88. The molecule has 0 spiro atoms. The van der Waals surface area contributed by atoms with Crippen molar-refractivity contribution in [3.05, 3.63) is 12.7 Å². The number of aliphatic hydroxyl groups excluding tert-OH is 1. The third-order valence-corrected chi connectivity index (χ3v) is 5.53. The molecule has 0 aliphatic heterocycles. The van der Waals surface area contributed by atoms with Gasteiger partial charge in [0.25, 0.3) is 10.1 Å². The number of hydrogen-bond donors (Lipinski definition) is 2. The first-order chi connectivity index (χ1) is 14.7. The van der Waals surface area contributed by atoms with E-state index >= 15 is 0 Å². The average Bonchev–Trinajstić information content (AvgIpc) is 2.71. The zero-order chi connectivity index (χ0) is 23.5. The lowest BCUT2D eigenvalue weighted by Gasteiger charge is -2.15. The molecule has 0 aromatic heterocycles. The van der Waals surface area contributed by atoms with Gasteiger partial charge in [0.15, 0.2) is 5.25 Å². The number of rotatable bonds is 20. The van der Waals surface area contributed by atoms with Gasteiger partial charge in [-0.2, -0.15) is 8.42 Å². The first kappa shape index (κ1) is 29.5. The van der Waals surface area contributed by atoms with Crippen LogP contribution >= 0.6 is 0 Å². The fourth-order valence-electron chi connectivity index (χ4n) is 2.73. The molecule has 0 aliphatic carbocycles. The molecule has 0 aromatic rings. The fraction of sp³-hybridized carbons (Fsp3) is 0.810. The van der Waals surface area contributed by atoms with Crippen LogP contribution in [0.25, 0.3) is 0 Å². The maximum atomic E-state index is 12.0. The van der Waals surface area contributed by atoms with Crippen LogP contribution in [0.5, 0.6) is 0 Å². The van der Waals surface area contributed by atoms with Crippen LogP contribution in [0.2, 0.25) is 0 Å². The molecule has 0 saturated carbocycles. The average molecular weight is 467 g/mol. The molecule has 182 valence electrons. The highest BCUT2D eigenvalue weighted by Gasteiger charge is 2.35. The Hall–Kier alpha value is -1.49. The number of hydrogen-bond acceptors (Lipinski definition) is 8. The van der Waals surface area contributed by atoms with Gasteiger partial charge in [-0.15, -0.1) is 6.58 Å². The van der Waals surface area contributed by atoms with Crippen molar-refractivity contribution in [2.75, 3.05) is 26.4 Å². The molecule has 0 radical (unpaired) electrons. The van der Waals surface area contributed by atoms with Crippen molar-refractivity contribution < 1.29 is 41.9 Å². The maximum Gasteiger partial charge on any atom is 0.327 e. The highest BCUT2D eigenvalue weighted by atomic mass is 32.2. The maximum absolute atomic E-state index is 12.0. The molecule has 0 aromatic carbocycles. The number of esters is 2. The lowest BCUT2D eigenvalue weighted by molar-refractivity contribution is -0.152. The van der Waals surface area contributed by atoms with Crippen LogP contribution in [0.15, 0.2) is 12.7 Å². The molecule has 9 nitrogen and oxygen atoms in total. The number of aliphatic hydroxyl groups is 1. The molecule has 0 rings (SSSR count). The summed E-state index contributed by atoms with van der Waals surface area (Å²) in [6.07, 6.45) is 9.25. The van der Waals surface area contributed by atoms with Crippen molar-refractivity contribution >= 4 is 22.1 Å². The second-order valence-electron chi connectivity index (χ2n) is 7.37. The van der Waals surface area contributed by atoms with Crippen LogP contribution in [-0.4, -0.2) is 67.8 Å². The Labute approximate surface area is 185 Å². The van der Waals surface area contributed by atoms with Gasteiger partial charge in [0.2, 0.25) is 0 Å². The third-order valence-electron chi connectivity index (χ3n) is 4.45. The highest BCUT2D eigenvalue weighted by molar-refractivity contribution is 7.87. The van der Waals surface area contributed by atoms with Crippen LogP contribution < -0.4 is 0 Å². The summed E-state index contributed by atoms with van der Waals surface area (Å²) >= 11 is 0. The molecule has 2 unspecified atom stereocenters. The van der Waals surface area contributed by atoms with Crippen LogP contribution in [0.1, 0.15) is 71.1 Å². The zero-order valence-electron chi connectivity index (χ0n) is 18.5. The second kappa shape index (κ2) is 18.1. The van der Waals surface area contributed by atoms with E-state index in [0.29, 0.717) is 6.42 Å². The Balaban J connectivity index is 4.16. The molecule has 0 amide bonds. The van der Waals surface area contributed by atoms with E-state index in [9.17, 15) is 27.7 Å². The van der Waals surface area contributed by atoms with E-state index in [0.717, 1.165) is 19.3 Å². The molecule has 10 heteroatoms. The van der Waals surface area contributed by atoms with Crippen LogP contribution in [0, 0.1) is 0 Å². The van der Waals surface area contributed by atoms with Crippen LogP contribution in [-0.2, 0) is 33.9 Å². The number of carbonyl (C=O) groups excluding carboxylic acids is 2. The molecule has 0 heterocycles. The SMILES string of the molecule is C=CCOCC(O)COC(=O)C(CC(=O)OCCCCCCCCCCC)S(=O)(=O)O. The standard InChI is InChI=1S/C21H38O9S/c1-3-5-6-7-8-9-10-11-12-14-29-20(23)15-19(31(25,26)27)21(24)30-17-18(22)16-28-13-4-2/h4,18-19,22H,2-3,5-17H2,1H3,(H,25,26,27). The Kier molecular flexibility index (Phi) is 17.2. The van der Waals surface area contributed by atoms with Crippen molar-refractivity contribution in [1.82, 2.24) is 0 Å². The van der Waals surface area contributed by atoms with Gasteiger partial charge in [-0.25, -0.2) is 0 Å². The van der Waals surface area contributed by atoms with E-state index in [1.54, 1.807) is 0 Å². The lowest BCUT2D eigenvalue weighted by Crippen LogP contribution is -2.36. The fourth-order valence-corrected chi connectivity index (χ4v) is 3.38. The minimum atomic E-state index is -4.88. The smallest absolute Gasteiger partial charge is 0.327 e. The van der Waals surface area contributed by atoms with E-state index in [1.807, 2.05) is 0 Å². The molecule has 0 saturated heterocycles. The van der Waals surface area contributed by atoms with Crippen molar-refractivity contribution in [3.8, 4) is 0 Å². The quantitative estimate of drug-likeness (QED) is 0.120. The number of carbonyl (C=O) groups is 2. The zero-order valence-corrected chi connectivity index (χ0v) is 19.3. The van der Waals surface area contributed by atoms with Gasteiger partial charge in [0.1, 0.15) is 12.7 Å². The van der Waals surface area contributed by atoms with Gasteiger partial charge in [-0.05, 0) is 6.42 Å². The van der Waals surface area contributed by atoms with E-state index in [2.05, 4.69) is 18.2 Å². The minimum Gasteiger partial charge on any atom is -0.466 e. The van der Waals surface area contributed by atoms with E-state index < -0.39 is 46.4 Å². The summed E-state index contributed by atoms with van der Waals surface area (Å²) in [5.74, 6) is -2.26. The molecular weight excluding hydrogens is 428 g/mol. The van der Waals surface area contributed by atoms with Gasteiger partial charge in [0.05, 0.1) is 26.2 Å². The Morgan fingerprint density at radius 2 is 1.55 bits per heavy atom. The first-order valence-corrected chi connectivity index (χ1v) is 12.4. The van der Waals surface area contributed by atoms with Gasteiger partial charge >= 0.3 is 11.9 Å². The van der Waals surface area contributed by atoms with Crippen molar-refractivity contribution in [2.24, 2.45) is 0 Å². The van der Waals surface area contributed by atoms with Gasteiger partial charge in [0, 0.05) is 0 Å². The van der Waals surface area contributed by atoms with Gasteiger partial charge in [-0.3, -0.25) is 14.1 Å². The van der Waals surface area contributed by atoms with E-state index in [1.165, 1.54) is 38.2 Å². The largest absolute Gasteiger partial charge is 0.466 e. The normalized spacial score (nSPS) is 13.4. The summed E-state index contributed by atoms with van der Waals surface area (Å²) in [6.45, 7) is 5.20. The first-order valence-electron chi connectivity index (χ1n) is 10.9. The predicted molar refractivity (Wildman–Crippen MR) is 116 cm³/mol. The molecule has 0 aliphatic rings. The van der Waals surface area contributed by atoms with Crippen molar-refractivity contribution in [3.63, 3.8) is 0 Å². The molecular formula is C21H38O9S. The summed E-state index contributed by atoms with van der Waals surface area (Å²) in [4.78, 5) is 23.8. The number of ether oxygens (including phenoxy) is 3. The molecule has 2 N–H and O–H groups in total. The minimum absolute atomic E-state index is 0.112. The topological polar surface area (TPSA) is 136 Å². The molecule has 31 heavy (non-hydrogen) atoms. The molecule has 0 bridgehead atoms. The number of unbranched alkanes of at least 4 members (excludes halogenated alkanes) is 8. The summed E-state index contributed by atoms with van der Waals surface area (Å²) in [6, 6.07) is 0. The van der Waals surface area contributed by atoms with E-state index in [-0.39, 0.29) is 19.8 Å². The monoisotopic (exact) mass is 466 g/mol. The highest BCUT2D eigenvalue weighted by Crippen LogP contribution is 2.11. The lowest BCUT2D eigenvalue weighted by atomic mass is 10.1. The van der Waals surface area contributed by atoms with Gasteiger partial charge in [-0.1, -0.05) is 64.4 Å².